The Morgan fingerprint density at radius 2 is 1.79 bits per heavy atom. The lowest BCUT2D eigenvalue weighted by molar-refractivity contribution is -0.138. The monoisotopic (exact) mass is 514 g/mol. The number of aliphatic carboxylic acids is 1. The topological polar surface area (TPSA) is 126 Å². The third-order valence-corrected chi connectivity index (χ3v) is 7.05. The number of esters is 1. The Kier molecular flexibility index (Phi) is 6.91. The Balaban J connectivity index is 1.65. The fraction of sp³-hybridized carbons (Fsp3) is 0.276. The van der Waals surface area contributed by atoms with Crippen molar-refractivity contribution in [3.8, 4) is 0 Å². The highest BCUT2D eigenvalue weighted by Gasteiger charge is 2.46. The van der Waals surface area contributed by atoms with Crippen molar-refractivity contribution in [3.05, 3.63) is 83.8 Å². The van der Waals surface area contributed by atoms with Crippen LogP contribution in [0.3, 0.4) is 0 Å². The standard InChI is InChI=1S/C29H26N2O7/c1-37-29(36)18-10-8-17(9-11-18)28-27-21(15-19(16-23(27)32)24-7-4-14-38-24)30-20-5-2-3-6-22(20)31(28)25(33)12-13-26(34)35/h2-11,14,19,27-28H,12-13,15-16H2,1H3,(H,34,35). The Morgan fingerprint density at radius 3 is 2.47 bits per heavy atom. The second-order valence-corrected chi connectivity index (χ2v) is 9.37. The van der Waals surface area contributed by atoms with Gasteiger partial charge in [0.1, 0.15) is 11.5 Å². The summed E-state index contributed by atoms with van der Waals surface area (Å²) >= 11 is 0. The van der Waals surface area contributed by atoms with Crippen LogP contribution in [-0.4, -0.2) is 41.6 Å². The fourth-order valence-corrected chi connectivity index (χ4v) is 5.32. The number of carboxylic acids is 1. The van der Waals surface area contributed by atoms with E-state index in [9.17, 15) is 24.3 Å². The average molecular weight is 515 g/mol. The lowest BCUT2D eigenvalue weighted by atomic mass is 9.73. The lowest BCUT2D eigenvalue weighted by Gasteiger charge is -2.38. The first-order chi connectivity index (χ1) is 18.4. The molecule has 1 aliphatic heterocycles. The van der Waals surface area contributed by atoms with Crippen LogP contribution in [0.1, 0.15) is 59.3 Å². The summed E-state index contributed by atoms with van der Waals surface area (Å²) in [4.78, 5) is 57.3. The number of furan rings is 1. The summed E-state index contributed by atoms with van der Waals surface area (Å²) in [5, 5.41) is 9.25. The number of hydrogen-bond donors (Lipinski definition) is 1. The molecule has 3 unspecified atom stereocenters. The molecule has 1 N–H and O–H groups in total. The zero-order valence-electron chi connectivity index (χ0n) is 20.7. The summed E-state index contributed by atoms with van der Waals surface area (Å²) in [6, 6.07) is 16.5. The first-order valence-corrected chi connectivity index (χ1v) is 12.3. The molecule has 0 radical (unpaired) electrons. The van der Waals surface area contributed by atoms with E-state index in [-0.39, 0.29) is 31.0 Å². The number of anilines is 1. The van der Waals surface area contributed by atoms with Gasteiger partial charge in [-0.2, -0.15) is 0 Å². The largest absolute Gasteiger partial charge is 0.481 e. The molecule has 1 amide bonds. The van der Waals surface area contributed by atoms with Gasteiger partial charge in [0, 0.05) is 24.5 Å². The van der Waals surface area contributed by atoms with Crippen LogP contribution in [0.15, 0.2) is 76.3 Å². The second kappa shape index (κ2) is 10.5. The number of carboxylic acid groups (broad SMARTS) is 1. The summed E-state index contributed by atoms with van der Waals surface area (Å²) < 4.78 is 10.4. The Morgan fingerprint density at radius 1 is 1.03 bits per heavy atom. The molecule has 5 rings (SSSR count). The van der Waals surface area contributed by atoms with Crippen LogP contribution in [0.4, 0.5) is 11.4 Å². The van der Waals surface area contributed by atoms with Crippen LogP contribution in [0.5, 0.6) is 0 Å². The van der Waals surface area contributed by atoms with Crippen LogP contribution in [0.25, 0.3) is 0 Å². The normalized spacial score (nSPS) is 20.6. The number of para-hydroxylation sites is 2. The summed E-state index contributed by atoms with van der Waals surface area (Å²) in [5.41, 5.74) is 2.61. The quantitative estimate of drug-likeness (QED) is 0.466. The number of methoxy groups -OCH3 is 1. The third kappa shape index (κ3) is 4.74. The maximum Gasteiger partial charge on any atom is 0.337 e. The molecule has 1 aromatic heterocycles. The molecule has 3 aromatic rings. The van der Waals surface area contributed by atoms with E-state index in [2.05, 4.69) is 0 Å². The van der Waals surface area contributed by atoms with Gasteiger partial charge in [-0.1, -0.05) is 24.3 Å². The molecular weight excluding hydrogens is 488 g/mol. The molecule has 1 saturated carbocycles. The number of fused-ring (bicyclic) bond motifs is 2. The molecule has 0 saturated heterocycles. The van der Waals surface area contributed by atoms with Gasteiger partial charge in [-0.25, -0.2) is 4.79 Å². The lowest BCUT2D eigenvalue weighted by Crippen LogP contribution is -2.45. The van der Waals surface area contributed by atoms with E-state index in [0.29, 0.717) is 40.4 Å². The average Bonchev–Trinajstić information content (AvgIpc) is 3.41. The van der Waals surface area contributed by atoms with E-state index in [1.54, 1.807) is 60.9 Å². The van der Waals surface area contributed by atoms with Crippen LogP contribution in [-0.2, 0) is 19.1 Å². The SMILES string of the molecule is COC(=O)c1ccc(C2C3C(=O)CC(c4ccco4)CC3=Nc3ccccc3N2C(=O)CCC(=O)O)cc1. The van der Waals surface area contributed by atoms with Crippen LogP contribution < -0.4 is 4.90 Å². The number of benzene rings is 2. The van der Waals surface area contributed by atoms with Gasteiger partial charge in [0.05, 0.1) is 48.7 Å². The molecule has 2 aliphatic rings. The highest BCUT2D eigenvalue weighted by atomic mass is 16.5. The van der Waals surface area contributed by atoms with E-state index >= 15 is 0 Å². The van der Waals surface area contributed by atoms with E-state index in [0.717, 1.165) is 0 Å². The molecule has 1 fully saturated rings. The van der Waals surface area contributed by atoms with Crippen LogP contribution >= 0.6 is 0 Å². The van der Waals surface area contributed by atoms with Gasteiger partial charge in [0.15, 0.2) is 0 Å². The van der Waals surface area contributed by atoms with Crippen molar-refractivity contribution < 1.29 is 33.4 Å². The Labute approximate surface area is 218 Å². The molecule has 0 spiro atoms. The van der Waals surface area contributed by atoms with Crippen molar-refractivity contribution in [2.45, 2.75) is 37.6 Å². The predicted octanol–water partition coefficient (Wildman–Crippen LogP) is 4.85. The minimum Gasteiger partial charge on any atom is -0.481 e. The molecule has 38 heavy (non-hydrogen) atoms. The van der Waals surface area contributed by atoms with E-state index < -0.39 is 29.8 Å². The molecular formula is C29H26N2O7. The number of hydrogen-bond acceptors (Lipinski definition) is 7. The van der Waals surface area contributed by atoms with Crippen LogP contribution in [0.2, 0.25) is 0 Å². The van der Waals surface area contributed by atoms with E-state index in [4.69, 9.17) is 14.1 Å². The smallest absolute Gasteiger partial charge is 0.337 e. The summed E-state index contributed by atoms with van der Waals surface area (Å²) in [6.07, 6.45) is 1.66. The van der Waals surface area contributed by atoms with E-state index in [1.807, 2.05) is 6.07 Å². The number of ketones is 1. The van der Waals surface area contributed by atoms with Gasteiger partial charge in [-0.05, 0) is 48.4 Å². The Bertz CT molecular complexity index is 1410. The molecule has 2 heterocycles. The highest BCUT2D eigenvalue weighted by Crippen LogP contribution is 2.47. The zero-order valence-corrected chi connectivity index (χ0v) is 20.7. The van der Waals surface area contributed by atoms with Crippen molar-refractivity contribution in [2.75, 3.05) is 12.0 Å². The first kappa shape index (κ1) is 25.1. The van der Waals surface area contributed by atoms with Gasteiger partial charge < -0.3 is 19.2 Å². The molecule has 0 bridgehead atoms. The maximum atomic E-state index is 13.8. The summed E-state index contributed by atoms with van der Waals surface area (Å²) in [7, 11) is 1.29. The van der Waals surface area contributed by atoms with Gasteiger partial charge in [-0.15, -0.1) is 0 Å². The number of carbonyl (C=O) groups is 4. The number of ether oxygens (including phenoxy) is 1. The molecule has 2 aromatic carbocycles. The van der Waals surface area contributed by atoms with Gasteiger partial charge in [0.2, 0.25) is 5.91 Å². The molecule has 9 nitrogen and oxygen atoms in total. The van der Waals surface area contributed by atoms with Gasteiger partial charge >= 0.3 is 11.9 Å². The number of carbonyl (C=O) groups excluding carboxylic acids is 3. The predicted molar refractivity (Wildman–Crippen MR) is 138 cm³/mol. The number of rotatable bonds is 6. The van der Waals surface area contributed by atoms with Crippen molar-refractivity contribution >= 4 is 40.7 Å². The van der Waals surface area contributed by atoms with Crippen molar-refractivity contribution in [3.63, 3.8) is 0 Å². The number of amides is 1. The van der Waals surface area contributed by atoms with Gasteiger partial charge in [0.25, 0.3) is 0 Å². The van der Waals surface area contributed by atoms with Crippen LogP contribution in [0, 0.1) is 5.92 Å². The number of Topliss-reactive ketones (excluding diaryl/α,β-unsaturated/α-hetero) is 1. The summed E-state index contributed by atoms with van der Waals surface area (Å²) in [6.45, 7) is 0. The number of aliphatic imine (C=N–C) groups is 1. The fourth-order valence-electron chi connectivity index (χ4n) is 5.32. The first-order valence-electron chi connectivity index (χ1n) is 12.3. The summed E-state index contributed by atoms with van der Waals surface area (Å²) in [5.74, 6) is -2.36. The number of nitrogens with zero attached hydrogens (tertiary/aromatic N) is 2. The minimum atomic E-state index is -1.09. The van der Waals surface area contributed by atoms with E-state index in [1.165, 1.54) is 12.0 Å². The maximum absolute atomic E-state index is 13.8. The van der Waals surface area contributed by atoms with Crippen molar-refractivity contribution in [1.29, 1.82) is 0 Å². The van der Waals surface area contributed by atoms with Gasteiger partial charge in [-0.3, -0.25) is 19.4 Å². The van der Waals surface area contributed by atoms with Crippen molar-refractivity contribution in [1.82, 2.24) is 0 Å². The minimum absolute atomic E-state index is 0.0951. The second-order valence-electron chi connectivity index (χ2n) is 9.37. The molecule has 1 aliphatic carbocycles. The molecule has 194 valence electrons. The molecule has 9 heteroatoms. The third-order valence-electron chi connectivity index (χ3n) is 7.05. The van der Waals surface area contributed by atoms with Crippen molar-refractivity contribution in [2.24, 2.45) is 10.9 Å². The zero-order chi connectivity index (χ0) is 26.8. The molecule has 3 atom stereocenters. The highest BCUT2D eigenvalue weighted by molar-refractivity contribution is 6.13. The Hall–Kier alpha value is -4.53.